The molecule has 0 fully saturated rings. The lowest BCUT2D eigenvalue weighted by Gasteiger charge is -2.05. The fourth-order valence-electron chi connectivity index (χ4n) is 2.33. The molecule has 0 saturated carbocycles. The first kappa shape index (κ1) is 12.7. The second-order valence-corrected chi connectivity index (χ2v) is 4.85. The third-order valence-corrected chi connectivity index (χ3v) is 3.19. The SMILES string of the molecule is CCCc1nc2cc(N)ccc2n1Cc1nc(C)no1. The average Bonchev–Trinajstić information content (AvgIpc) is 2.95. The Morgan fingerprint density at radius 1 is 1.30 bits per heavy atom. The van der Waals surface area contributed by atoms with Gasteiger partial charge < -0.3 is 14.8 Å². The molecule has 0 spiro atoms. The molecule has 0 atom stereocenters. The van der Waals surface area contributed by atoms with Gasteiger partial charge in [-0.25, -0.2) is 4.98 Å². The van der Waals surface area contributed by atoms with Gasteiger partial charge in [-0.2, -0.15) is 4.98 Å². The zero-order valence-electron chi connectivity index (χ0n) is 11.6. The maximum atomic E-state index is 5.82. The van der Waals surface area contributed by atoms with Crippen LogP contribution in [0.5, 0.6) is 0 Å². The van der Waals surface area contributed by atoms with Crippen LogP contribution >= 0.6 is 0 Å². The molecule has 6 nitrogen and oxygen atoms in total. The monoisotopic (exact) mass is 271 g/mol. The van der Waals surface area contributed by atoms with Crippen molar-refractivity contribution in [3.8, 4) is 0 Å². The first-order chi connectivity index (χ1) is 9.67. The van der Waals surface area contributed by atoms with E-state index < -0.39 is 0 Å². The molecule has 3 rings (SSSR count). The van der Waals surface area contributed by atoms with Crippen LogP contribution in [0, 0.1) is 6.92 Å². The third-order valence-electron chi connectivity index (χ3n) is 3.19. The van der Waals surface area contributed by atoms with Crippen LogP contribution in [0.25, 0.3) is 11.0 Å². The Kier molecular flexibility index (Phi) is 3.14. The molecule has 0 bridgehead atoms. The highest BCUT2D eigenvalue weighted by atomic mass is 16.5. The molecule has 1 aromatic carbocycles. The summed E-state index contributed by atoms with van der Waals surface area (Å²) in [5.74, 6) is 2.26. The molecule has 6 heteroatoms. The van der Waals surface area contributed by atoms with Crippen molar-refractivity contribution in [1.29, 1.82) is 0 Å². The van der Waals surface area contributed by atoms with E-state index in [0.29, 0.717) is 18.3 Å². The predicted molar refractivity (Wildman–Crippen MR) is 76.3 cm³/mol. The maximum absolute atomic E-state index is 5.82. The largest absolute Gasteiger partial charge is 0.399 e. The lowest BCUT2D eigenvalue weighted by atomic mass is 10.3. The summed E-state index contributed by atoms with van der Waals surface area (Å²) >= 11 is 0. The molecule has 0 amide bonds. The second-order valence-electron chi connectivity index (χ2n) is 4.85. The van der Waals surface area contributed by atoms with Crippen molar-refractivity contribution in [2.45, 2.75) is 33.2 Å². The van der Waals surface area contributed by atoms with E-state index in [4.69, 9.17) is 10.3 Å². The minimum absolute atomic E-state index is 0.538. The number of nitrogen functional groups attached to an aromatic ring is 1. The molecule has 0 unspecified atom stereocenters. The predicted octanol–water partition coefficient (Wildman–Crippen LogP) is 2.31. The maximum Gasteiger partial charge on any atom is 0.246 e. The van der Waals surface area contributed by atoms with Crippen molar-refractivity contribution in [3.63, 3.8) is 0 Å². The zero-order valence-corrected chi connectivity index (χ0v) is 11.6. The van der Waals surface area contributed by atoms with Crippen molar-refractivity contribution < 1.29 is 4.52 Å². The Labute approximate surface area is 116 Å². The number of nitrogens with zero attached hydrogens (tertiary/aromatic N) is 4. The van der Waals surface area contributed by atoms with E-state index in [1.165, 1.54) is 0 Å². The molecule has 2 heterocycles. The van der Waals surface area contributed by atoms with Crippen LogP contribution in [0.3, 0.4) is 0 Å². The normalized spacial score (nSPS) is 11.3. The van der Waals surface area contributed by atoms with E-state index in [1.807, 2.05) is 25.1 Å². The molecule has 3 aromatic rings. The first-order valence-electron chi connectivity index (χ1n) is 6.71. The number of hydrogen-bond donors (Lipinski definition) is 1. The lowest BCUT2D eigenvalue weighted by Crippen LogP contribution is -2.05. The standard InChI is InChI=1S/C14H17N5O/c1-3-4-13-17-11-7-10(15)5-6-12(11)19(13)8-14-16-9(2)18-20-14/h5-7H,3-4,8,15H2,1-2H3. The Morgan fingerprint density at radius 3 is 2.85 bits per heavy atom. The number of fused-ring (bicyclic) bond motifs is 1. The van der Waals surface area contributed by atoms with Crippen molar-refractivity contribution >= 4 is 16.7 Å². The van der Waals surface area contributed by atoms with Crippen molar-refractivity contribution in [2.75, 3.05) is 5.73 Å². The highest BCUT2D eigenvalue weighted by molar-refractivity contribution is 5.79. The molecule has 2 aromatic heterocycles. The van der Waals surface area contributed by atoms with Gasteiger partial charge in [-0.1, -0.05) is 12.1 Å². The van der Waals surface area contributed by atoms with Gasteiger partial charge in [0, 0.05) is 12.1 Å². The average molecular weight is 271 g/mol. The fourth-order valence-corrected chi connectivity index (χ4v) is 2.33. The Bertz CT molecular complexity index is 743. The summed E-state index contributed by atoms with van der Waals surface area (Å²) in [6, 6.07) is 5.76. The topological polar surface area (TPSA) is 82.8 Å². The summed E-state index contributed by atoms with van der Waals surface area (Å²) in [6.45, 7) is 4.48. The quantitative estimate of drug-likeness (QED) is 0.736. The number of aromatic nitrogens is 4. The number of nitrogens with two attached hydrogens (primary N) is 1. The van der Waals surface area contributed by atoms with Crippen LogP contribution in [0.4, 0.5) is 5.69 Å². The fraction of sp³-hybridized carbons (Fsp3) is 0.357. The van der Waals surface area contributed by atoms with Gasteiger partial charge in [-0.3, -0.25) is 0 Å². The van der Waals surface area contributed by atoms with E-state index >= 15 is 0 Å². The highest BCUT2D eigenvalue weighted by Crippen LogP contribution is 2.21. The second kappa shape index (κ2) is 4.96. The molecule has 0 aliphatic heterocycles. The van der Waals surface area contributed by atoms with E-state index in [9.17, 15) is 0 Å². The Morgan fingerprint density at radius 2 is 2.15 bits per heavy atom. The molecular weight excluding hydrogens is 254 g/mol. The van der Waals surface area contributed by atoms with Gasteiger partial charge >= 0.3 is 0 Å². The number of benzene rings is 1. The van der Waals surface area contributed by atoms with Gasteiger partial charge in [0.05, 0.1) is 11.0 Å². The molecule has 0 saturated heterocycles. The minimum atomic E-state index is 0.538. The molecular formula is C14H17N5O. The summed E-state index contributed by atoms with van der Waals surface area (Å²) in [7, 11) is 0. The van der Waals surface area contributed by atoms with Gasteiger partial charge in [-0.15, -0.1) is 0 Å². The van der Waals surface area contributed by atoms with Crippen molar-refractivity contribution in [1.82, 2.24) is 19.7 Å². The lowest BCUT2D eigenvalue weighted by molar-refractivity contribution is 0.367. The van der Waals surface area contributed by atoms with Crippen LogP contribution < -0.4 is 5.73 Å². The smallest absolute Gasteiger partial charge is 0.246 e. The van der Waals surface area contributed by atoms with Gasteiger partial charge in [0.15, 0.2) is 5.82 Å². The Hall–Kier alpha value is -2.37. The van der Waals surface area contributed by atoms with Crippen LogP contribution in [-0.4, -0.2) is 19.7 Å². The van der Waals surface area contributed by atoms with Crippen LogP contribution in [0.15, 0.2) is 22.7 Å². The van der Waals surface area contributed by atoms with Gasteiger partial charge in [-0.05, 0) is 31.5 Å². The third kappa shape index (κ3) is 2.24. The Balaban J connectivity index is 2.08. The van der Waals surface area contributed by atoms with Gasteiger partial charge in [0.2, 0.25) is 5.89 Å². The molecule has 2 N–H and O–H groups in total. The summed E-state index contributed by atoms with van der Waals surface area (Å²) in [5.41, 5.74) is 8.49. The molecule has 104 valence electrons. The van der Waals surface area contributed by atoms with Gasteiger partial charge in [0.25, 0.3) is 0 Å². The van der Waals surface area contributed by atoms with Gasteiger partial charge in [0.1, 0.15) is 12.4 Å². The summed E-state index contributed by atoms with van der Waals surface area (Å²) < 4.78 is 7.33. The van der Waals surface area contributed by atoms with E-state index in [2.05, 4.69) is 26.6 Å². The molecule has 20 heavy (non-hydrogen) atoms. The molecule has 0 radical (unpaired) electrons. The molecule has 0 aliphatic rings. The van der Waals surface area contributed by atoms with Crippen molar-refractivity contribution in [3.05, 3.63) is 35.7 Å². The number of imidazole rings is 1. The number of aryl methyl sites for hydroxylation is 2. The highest BCUT2D eigenvalue weighted by Gasteiger charge is 2.13. The first-order valence-corrected chi connectivity index (χ1v) is 6.71. The summed E-state index contributed by atoms with van der Waals surface area (Å²) in [5, 5.41) is 3.83. The van der Waals surface area contributed by atoms with Crippen LogP contribution in [0.2, 0.25) is 0 Å². The summed E-state index contributed by atoms with van der Waals surface area (Å²) in [6.07, 6.45) is 1.93. The molecule has 0 aliphatic carbocycles. The zero-order chi connectivity index (χ0) is 14.1. The number of hydrogen-bond acceptors (Lipinski definition) is 5. The van der Waals surface area contributed by atoms with Crippen LogP contribution in [0.1, 0.15) is 30.9 Å². The van der Waals surface area contributed by atoms with E-state index in [-0.39, 0.29) is 0 Å². The van der Waals surface area contributed by atoms with E-state index in [0.717, 1.165) is 35.4 Å². The van der Waals surface area contributed by atoms with Crippen LogP contribution in [-0.2, 0) is 13.0 Å². The number of anilines is 1. The minimum Gasteiger partial charge on any atom is -0.399 e. The van der Waals surface area contributed by atoms with E-state index in [1.54, 1.807) is 0 Å². The van der Waals surface area contributed by atoms with Crippen molar-refractivity contribution in [2.24, 2.45) is 0 Å². The summed E-state index contributed by atoms with van der Waals surface area (Å²) in [4.78, 5) is 8.92. The number of rotatable bonds is 4.